The number of hydrogen-bond donors (Lipinski definition) is 2. The Kier molecular flexibility index (Phi) is 9.92. The smallest absolute Gasteiger partial charge is 0.328 e. The van der Waals surface area contributed by atoms with E-state index in [0.29, 0.717) is 19.3 Å². The lowest BCUT2D eigenvalue weighted by Crippen LogP contribution is -2.53. The van der Waals surface area contributed by atoms with Crippen LogP contribution in [0.4, 0.5) is 0 Å². The number of nitrogens with one attached hydrogen (secondary N) is 2. The van der Waals surface area contributed by atoms with Gasteiger partial charge in [-0.3, -0.25) is 9.59 Å². The number of benzene rings is 2. The minimum Gasteiger partial charge on any atom is -0.467 e. The Labute approximate surface area is 190 Å². The fourth-order valence-corrected chi connectivity index (χ4v) is 3.53. The van der Waals surface area contributed by atoms with Gasteiger partial charge in [0.1, 0.15) is 12.1 Å². The molecular weight excluding hydrogens is 404 g/mol. The fourth-order valence-electron chi connectivity index (χ4n) is 3.53. The van der Waals surface area contributed by atoms with E-state index in [1.807, 2.05) is 81.4 Å². The first-order valence-corrected chi connectivity index (χ1v) is 11.1. The van der Waals surface area contributed by atoms with Gasteiger partial charge in [0, 0.05) is 12.3 Å². The molecule has 0 bridgehead atoms. The first-order chi connectivity index (χ1) is 15.3. The highest BCUT2D eigenvalue weighted by Gasteiger charge is 2.29. The van der Waals surface area contributed by atoms with Crippen molar-refractivity contribution in [2.45, 2.75) is 52.1 Å². The third kappa shape index (κ3) is 8.17. The van der Waals surface area contributed by atoms with Gasteiger partial charge >= 0.3 is 5.97 Å². The molecule has 172 valence electrons. The summed E-state index contributed by atoms with van der Waals surface area (Å²) in [5.74, 6) is -1.22. The van der Waals surface area contributed by atoms with Gasteiger partial charge in [-0.1, -0.05) is 81.4 Å². The molecule has 6 nitrogen and oxygen atoms in total. The van der Waals surface area contributed by atoms with Gasteiger partial charge in [0.15, 0.2) is 0 Å². The summed E-state index contributed by atoms with van der Waals surface area (Å²) in [4.78, 5) is 38.2. The van der Waals surface area contributed by atoms with E-state index in [0.717, 1.165) is 11.1 Å². The molecule has 2 N–H and O–H groups in total. The zero-order valence-electron chi connectivity index (χ0n) is 19.3. The summed E-state index contributed by atoms with van der Waals surface area (Å²) in [6.07, 6.45) is 1.35. The van der Waals surface area contributed by atoms with Crippen molar-refractivity contribution in [1.29, 1.82) is 0 Å². The number of amides is 2. The van der Waals surface area contributed by atoms with E-state index in [4.69, 9.17) is 4.74 Å². The highest BCUT2D eigenvalue weighted by molar-refractivity contribution is 5.91. The van der Waals surface area contributed by atoms with Crippen LogP contribution in [0.2, 0.25) is 0 Å². The molecule has 0 aliphatic rings. The molecule has 0 spiro atoms. The molecule has 6 heteroatoms. The van der Waals surface area contributed by atoms with Crippen molar-refractivity contribution in [1.82, 2.24) is 10.6 Å². The first-order valence-electron chi connectivity index (χ1n) is 11.1. The van der Waals surface area contributed by atoms with Crippen molar-refractivity contribution in [2.24, 2.45) is 11.8 Å². The summed E-state index contributed by atoms with van der Waals surface area (Å²) in [5, 5.41) is 5.68. The third-order valence-electron chi connectivity index (χ3n) is 5.26. The Morgan fingerprint density at radius 1 is 0.750 bits per heavy atom. The van der Waals surface area contributed by atoms with Crippen LogP contribution in [0.25, 0.3) is 0 Å². The summed E-state index contributed by atoms with van der Waals surface area (Å²) < 4.78 is 4.86. The minimum absolute atomic E-state index is 0.187. The molecule has 0 aliphatic heterocycles. The number of carbonyl (C=O) groups is 3. The van der Waals surface area contributed by atoms with Gasteiger partial charge in [0.25, 0.3) is 0 Å². The SMILES string of the molecule is COC(=O)[C@@H](CC(C)C)NC(=O)[C@@H](Cc1ccccc1)NC(=O)[C@H](C)Cc1ccccc1. The summed E-state index contributed by atoms with van der Waals surface area (Å²) in [5.41, 5.74) is 1.98. The number of rotatable bonds is 11. The second-order valence-corrected chi connectivity index (χ2v) is 8.56. The van der Waals surface area contributed by atoms with Crippen LogP contribution in [0.5, 0.6) is 0 Å². The Hall–Kier alpha value is -3.15. The van der Waals surface area contributed by atoms with Gasteiger partial charge in [-0.2, -0.15) is 0 Å². The number of carbonyl (C=O) groups excluding carboxylic acids is 3. The van der Waals surface area contributed by atoms with E-state index < -0.39 is 24.0 Å². The standard InChI is InChI=1S/C26H34N2O4/c1-18(2)15-23(26(31)32-4)28-25(30)22(17-21-13-9-6-10-14-21)27-24(29)19(3)16-20-11-7-5-8-12-20/h5-14,18-19,22-23H,15-17H2,1-4H3,(H,27,29)(H,28,30)/t19-,22-,23-/m1/s1. The average molecular weight is 439 g/mol. The van der Waals surface area contributed by atoms with Crippen LogP contribution in [-0.2, 0) is 32.0 Å². The van der Waals surface area contributed by atoms with Gasteiger partial charge in [0.2, 0.25) is 11.8 Å². The predicted octanol–water partition coefficient (Wildman–Crippen LogP) is 3.30. The molecular formula is C26H34N2O4. The van der Waals surface area contributed by atoms with Crippen LogP contribution in [0.15, 0.2) is 60.7 Å². The molecule has 0 aromatic heterocycles. The van der Waals surface area contributed by atoms with E-state index in [2.05, 4.69) is 10.6 Å². The highest BCUT2D eigenvalue weighted by Crippen LogP contribution is 2.11. The molecule has 0 saturated carbocycles. The third-order valence-corrected chi connectivity index (χ3v) is 5.26. The Bertz CT molecular complexity index is 868. The van der Waals surface area contributed by atoms with Gasteiger partial charge in [-0.25, -0.2) is 4.79 Å². The molecule has 32 heavy (non-hydrogen) atoms. The van der Waals surface area contributed by atoms with Crippen LogP contribution < -0.4 is 10.6 Å². The van der Waals surface area contributed by atoms with E-state index >= 15 is 0 Å². The lowest BCUT2D eigenvalue weighted by Gasteiger charge is -2.24. The van der Waals surface area contributed by atoms with E-state index in [9.17, 15) is 14.4 Å². The summed E-state index contributed by atoms with van der Waals surface area (Å²) in [7, 11) is 1.30. The Balaban J connectivity index is 2.14. The predicted molar refractivity (Wildman–Crippen MR) is 125 cm³/mol. The van der Waals surface area contributed by atoms with Crippen molar-refractivity contribution in [3.05, 3.63) is 71.8 Å². The van der Waals surface area contributed by atoms with Crippen LogP contribution >= 0.6 is 0 Å². The molecule has 2 aromatic carbocycles. The zero-order valence-corrected chi connectivity index (χ0v) is 19.3. The molecule has 0 saturated heterocycles. The van der Waals surface area contributed by atoms with E-state index in [1.165, 1.54) is 7.11 Å². The molecule has 2 amide bonds. The van der Waals surface area contributed by atoms with Crippen molar-refractivity contribution in [2.75, 3.05) is 7.11 Å². The van der Waals surface area contributed by atoms with Gasteiger partial charge in [0.05, 0.1) is 7.11 Å². The van der Waals surface area contributed by atoms with Crippen molar-refractivity contribution in [3.63, 3.8) is 0 Å². The summed E-state index contributed by atoms with van der Waals surface area (Å²) in [6.45, 7) is 5.78. The molecule has 3 atom stereocenters. The Morgan fingerprint density at radius 3 is 1.75 bits per heavy atom. The lowest BCUT2D eigenvalue weighted by molar-refractivity contribution is -0.145. The second-order valence-electron chi connectivity index (χ2n) is 8.56. The lowest BCUT2D eigenvalue weighted by atomic mass is 9.98. The first kappa shape index (κ1) is 25.1. The fraction of sp³-hybridized carbons (Fsp3) is 0.423. The molecule has 0 unspecified atom stereocenters. The van der Waals surface area contributed by atoms with Crippen molar-refractivity contribution < 1.29 is 19.1 Å². The largest absolute Gasteiger partial charge is 0.467 e. The molecule has 0 fully saturated rings. The number of hydrogen-bond acceptors (Lipinski definition) is 4. The van der Waals surface area contributed by atoms with Crippen LogP contribution in [-0.4, -0.2) is 37.0 Å². The number of ether oxygens (including phenoxy) is 1. The van der Waals surface area contributed by atoms with Crippen LogP contribution in [0.3, 0.4) is 0 Å². The summed E-state index contributed by atoms with van der Waals surface area (Å²) in [6, 6.07) is 17.7. The van der Waals surface area contributed by atoms with Crippen molar-refractivity contribution in [3.8, 4) is 0 Å². The normalized spacial score (nSPS) is 13.7. The average Bonchev–Trinajstić information content (AvgIpc) is 2.78. The topological polar surface area (TPSA) is 84.5 Å². The molecule has 0 aliphatic carbocycles. The maximum absolute atomic E-state index is 13.1. The second kappa shape index (κ2) is 12.6. The maximum atomic E-state index is 13.1. The van der Waals surface area contributed by atoms with Crippen LogP contribution in [0, 0.1) is 11.8 Å². The van der Waals surface area contributed by atoms with E-state index in [1.54, 1.807) is 0 Å². The van der Waals surface area contributed by atoms with Gasteiger partial charge in [-0.05, 0) is 29.9 Å². The summed E-state index contributed by atoms with van der Waals surface area (Å²) >= 11 is 0. The van der Waals surface area contributed by atoms with Gasteiger partial charge < -0.3 is 15.4 Å². The molecule has 0 heterocycles. The monoisotopic (exact) mass is 438 g/mol. The minimum atomic E-state index is -0.803. The highest BCUT2D eigenvalue weighted by atomic mass is 16.5. The Morgan fingerprint density at radius 2 is 1.25 bits per heavy atom. The number of methoxy groups -OCH3 is 1. The van der Waals surface area contributed by atoms with Crippen LogP contribution in [0.1, 0.15) is 38.3 Å². The quantitative estimate of drug-likeness (QED) is 0.527. The molecule has 2 rings (SSSR count). The molecule has 0 radical (unpaired) electrons. The van der Waals surface area contributed by atoms with E-state index in [-0.39, 0.29) is 17.7 Å². The van der Waals surface area contributed by atoms with Crippen molar-refractivity contribution >= 4 is 17.8 Å². The van der Waals surface area contributed by atoms with Gasteiger partial charge in [-0.15, -0.1) is 0 Å². The molecule has 2 aromatic rings. The maximum Gasteiger partial charge on any atom is 0.328 e. The number of esters is 1. The zero-order chi connectivity index (χ0) is 23.5.